The lowest BCUT2D eigenvalue weighted by Crippen LogP contribution is -2.19. The van der Waals surface area contributed by atoms with Crippen LogP contribution in [0.15, 0.2) is 66.2 Å². The summed E-state index contributed by atoms with van der Waals surface area (Å²) in [7, 11) is 0. The molecule has 1 unspecified atom stereocenters. The Morgan fingerprint density at radius 2 is 2.00 bits per heavy atom. The Morgan fingerprint density at radius 1 is 1.07 bits per heavy atom. The van der Waals surface area contributed by atoms with Gasteiger partial charge in [-0.2, -0.15) is 0 Å². The van der Waals surface area contributed by atoms with Gasteiger partial charge in [0, 0.05) is 22.7 Å². The summed E-state index contributed by atoms with van der Waals surface area (Å²) in [6.07, 6.45) is 3.83. The first-order chi connectivity index (χ1) is 14.2. The van der Waals surface area contributed by atoms with E-state index in [4.69, 9.17) is 4.98 Å². The van der Waals surface area contributed by atoms with Crippen LogP contribution in [-0.2, 0) is 6.42 Å². The van der Waals surface area contributed by atoms with Crippen molar-refractivity contribution in [1.82, 2.24) is 9.97 Å². The minimum Gasteiger partial charge on any atom is -0.363 e. The number of amides is 2. The predicted molar refractivity (Wildman–Crippen MR) is 118 cm³/mol. The van der Waals surface area contributed by atoms with E-state index in [0.717, 1.165) is 29.6 Å². The maximum Gasteiger partial charge on any atom is 0.325 e. The molecule has 2 amide bonds. The highest BCUT2D eigenvalue weighted by molar-refractivity contribution is 7.13. The average molecular weight is 401 g/mol. The number of urea groups is 1. The molecule has 0 aliphatic heterocycles. The van der Waals surface area contributed by atoms with Crippen LogP contribution in [0.3, 0.4) is 0 Å². The van der Waals surface area contributed by atoms with E-state index in [1.807, 2.05) is 35.7 Å². The number of carbonyl (C=O) groups is 1. The van der Waals surface area contributed by atoms with Gasteiger partial charge < -0.3 is 10.6 Å². The number of benzene rings is 2. The summed E-state index contributed by atoms with van der Waals surface area (Å²) in [6.45, 7) is 0. The second kappa shape index (κ2) is 7.52. The average Bonchev–Trinajstić information content (AvgIpc) is 3.38. The molecule has 144 valence electrons. The maximum absolute atomic E-state index is 12.1. The molecule has 6 nitrogen and oxygen atoms in total. The van der Waals surface area contributed by atoms with Crippen molar-refractivity contribution in [2.75, 3.05) is 16.0 Å². The third kappa shape index (κ3) is 3.77. The van der Waals surface area contributed by atoms with Gasteiger partial charge in [-0.15, -0.1) is 11.3 Å². The highest BCUT2D eigenvalue weighted by Gasteiger charge is 2.21. The Morgan fingerprint density at radius 3 is 2.90 bits per heavy atom. The number of hydrogen-bond donors (Lipinski definition) is 3. The molecule has 2 heterocycles. The lowest BCUT2D eigenvalue weighted by atomic mass is 10.1. The minimum absolute atomic E-state index is 0.298. The van der Waals surface area contributed by atoms with Crippen molar-refractivity contribution in [2.45, 2.75) is 18.9 Å². The summed E-state index contributed by atoms with van der Waals surface area (Å²) >= 11 is 1.37. The van der Waals surface area contributed by atoms with Crippen LogP contribution in [0.2, 0.25) is 0 Å². The SMILES string of the molecule is O=C(Nc1ccc2nc(NC3CCc4ccccc43)ccc2c1)Nc1nccs1. The fourth-order valence-electron chi connectivity index (χ4n) is 3.71. The third-order valence-electron chi connectivity index (χ3n) is 5.05. The van der Waals surface area contributed by atoms with Gasteiger partial charge >= 0.3 is 6.03 Å². The summed E-state index contributed by atoms with van der Waals surface area (Å²) in [6, 6.07) is 18.3. The number of hydrogen-bond acceptors (Lipinski definition) is 5. The molecule has 3 N–H and O–H groups in total. The summed E-state index contributed by atoms with van der Waals surface area (Å²) in [5.74, 6) is 0.862. The summed E-state index contributed by atoms with van der Waals surface area (Å²) < 4.78 is 0. The van der Waals surface area contributed by atoms with Crippen LogP contribution < -0.4 is 16.0 Å². The number of anilines is 3. The first-order valence-electron chi connectivity index (χ1n) is 9.47. The van der Waals surface area contributed by atoms with E-state index in [2.05, 4.69) is 45.2 Å². The van der Waals surface area contributed by atoms with Crippen LogP contribution in [0.25, 0.3) is 10.9 Å². The molecule has 0 bridgehead atoms. The van der Waals surface area contributed by atoms with E-state index in [1.165, 1.54) is 22.5 Å². The van der Waals surface area contributed by atoms with E-state index in [-0.39, 0.29) is 6.03 Å². The first-order valence-corrected chi connectivity index (χ1v) is 10.4. The normalized spacial score (nSPS) is 15.1. The fraction of sp³-hybridized carbons (Fsp3) is 0.136. The molecule has 2 aromatic carbocycles. The van der Waals surface area contributed by atoms with Crippen LogP contribution in [0.5, 0.6) is 0 Å². The molecular formula is C22H19N5OS. The number of nitrogens with one attached hydrogen (secondary N) is 3. The highest BCUT2D eigenvalue weighted by atomic mass is 32.1. The molecule has 1 aliphatic rings. The van der Waals surface area contributed by atoms with Crippen LogP contribution >= 0.6 is 11.3 Å². The fourth-order valence-corrected chi connectivity index (χ4v) is 4.24. The van der Waals surface area contributed by atoms with E-state index in [9.17, 15) is 4.79 Å². The molecule has 0 saturated carbocycles. The number of pyridine rings is 1. The number of fused-ring (bicyclic) bond motifs is 2. The van der Waals surface area contributed by atoms with E-state index < -0.39 is 0 Å². The van der Waals surface area contributed by atoms with Gasteiger partial charge in [0.05, 0.1) is 11.6 Å². The lowest BCUT2D eigenvalue weighted by molar-refractivity contribution is 0.262. The number of rotatable bonds is 4. The van der Waals surface area contributed by atoms with Crippen LogP contribution in [-0.4, -0.2) is 16.0 Å². The third-order valence-corrected chi connectivity index (χ3v) is 5.74. The highest BCUT2D eigenvalue weighted by Crippen LogP contribution is 2.33. The van der Waals surface area contributed by atoms with E-state index in [0.29, 0.717) is 16.9 Å². The van der Waals surface area contributed by atoms with Gasteiger partial charge in [0.25, 0.3) is 0 Å². The molecule has 0 radical (unpaired) electrons. The van der Waals surface area contributed by atoms with Crippen LogP contribution in [0.4, 0.5) is 21.4 Å². The van der Waals surface area contributed by atoms with Crippen molar-refractivity contribution in [1.29, 1.82) is 0 Å². The predicted octanol–water partition coefficient (Wildman–Crippen LogP) is 5.43. The van der Waals surface area contributed by atoms with Gasteiger partial charge in [-0.25, -0.2) is 14.8 Å². The van der Waals surface area contributed by atoms with Gasteiger partial charge in [0.1, 0.15) is 5.82 Å². The Labute approximate surface area is 172 Å². The second-order valence-corrected chi connectivity index (χ2v) is 7.85. The molecular weight excluding hydrogens is 382 g/mol. The van der Waals surface area contributed by atoms with Crippen LogP contribution in [0, 0.1) is 0 Å². The second-order valence-electron chi connectivity index (χ2n) is 6.95. The quantitative estimate of drug-likeness (QED) is 0.426. The number of thiazole rings is 1. The van der Waals surface area contributed by atoms with Crippen molar-refractivity contribution < 1.29 is 4.79 Å². The van der Waals surface area contributed by atoms with Crippen molar-refractivity contribution in [2.24, 2.45) is 0 Å². The summed E-state index contributed by atoms with van der Waals surface area (Å²) in [5, 5.41) is 12.4. The Hall–Kier alpha value is -3.45. The number of carbonyl (C=O) groups excluding carboxylic acids is 1. The molecule has 2 aromatic heterocycles. The standard InChI is InChI=1S/C22H19N5OS/c28-21(27-22-23-11-12-29-22)24-16-7-9-18-15(13-16)6-10-20(25-18)26-19-8-5-14-3-1-2-4-17(14)19/h1-4,6-7,9-13,19H,5,8H2,(H,25,26)(H2,23,24,27,28). The van der Waals surface area contributed by atoms with Crippen molar-refractivity contribution >= 4 is 44.9 Å². The zero-order valence-electron chi connectivity index (χ0n) is 15.6. The summed E-state index contributed by atoms with van der Waals surface area (Å²) in [5.41, 5.74) is 4.36. The molecule has 5 rings (SSSR count). The van der Waals surface area contributed by atoms with Gasteiger partial charge in [0.15, 0.2) is 5.13 Å². The van der Waals surface area contributed by atoms with Gasteiger partial charge in [-0.3, -0.25) is 5.32 Å². The number of aryl methyl sites for hydroxylation is 1. The van der Waals surface area contributed by atoms with Gasteiger partial charge in [-0.05, 0) is 54.3 Å². The molecule has 0 saturated heterocycles. The van der Waals surface area contributed by atoms with E-state index >= 15 is 0 Å². The van der Waals surface area contributed by atoms with Crippen LogP contribution in [0.1, 0.15) is 23.6 Å². The number of nitrogens with zero attached hydrogens (tertiary/aromatic N) is 2. The Balaban J connectivity index is 1.30. The zero-order chi connectivity index (χ0) is 19.6. The Bertz CT molecular complexity index is 1180. The lowest BCUT2D eigenvalue weighted by Gasteiger charge is -2.15. The molecule has 7 heteroatoms. The van der Waals surface area contributed by atoms with Gasteiger partial charge in [0.2, 0.25) is 0 Å². The maximum atomic E-state index is 12.1. The van der Waals surface area contributed by atoms with Crippen molar-refractivity contribution in [3.05, 3.63) is 77.3 Å². The molecule has 29 heavy (non-hydrogen) atoms. The molecule has 1 atom stereocenters. The molecule has 0 fully saturated rings. The largest absolute Gasteiger partial charge is 0.363 e. The number of aromatic nitrogens is 2. The first kappa shape index (κ1) is 17.6. The van der Waals surface area contributed by atoms with Crippen molar-refractivity contribution in [3.63, 3.8) is 0 Å². The molecule has 0 spiro atoms. The zero-order valence-corrected chi connectivity index (χ0v) is 16.4. The smallest absolute Gasteiger partial charge is 0.325 e. The minimum atomic E-state index is -0.314. The monoisotopic (exact) mass is 401 g/mol. The molecule has 1 aliphatic carbocycles. The Kier molecular flexibility index (Phi) is 4.57. The summed E-state index contributed by atoms with van der Waals surface area (Å²) in [4.78, 5) is 20.9. The molecule has 4 aromatic rings. The topological polar surface area (TPSA) is 78.9 Å². The van der Waals surface area contributed by atoms with Gasteiger partial charge in [-0.1, -0.05) is 24.3 Å². The van der Waals surface area contributed by atoms with Crippen molar-refractivity contribution in [3.8, 4) is 0 Å². The van der Waals surface area contributed by atoms with E-state index in [1.54, 1.807) is 6.20 Å².